The Morgan fingerprint density at radius 1 is 1.13 bits per heavy atom. The Balaban J connectivity index is 2.07. The Morgan fingerprint density at radius 3 is 2.93 bits per heavy atom. The van der Waals surface area contributed by atoms with Crippen molar-refractivity contribution in [3.05, 3.63) is 47.5 Å². The van der Waals surface area contributed by atoms with E-state index in [9.17, 15) is 4.79 Å². The summed E-state index contributed by atoms with van der Waals surface area (Å²) in [5, 5.41) is 0. The number of benzene rings is 1. The largest absolute Gasteiger partial charge is 0.295 e. The molecule has 1 nitrogen and oxygen atoms in total. The van der Waals surface area contributed by atoms with Gasteiger partial charge in [-0.15, -0.1) is 0 Å². The van der Waals surface area contributed by atoms with Gasteiger partial charge in [-0.1, -0.05) is 30.3 Å². The minimum Gasteiger partial charge on any atom is -0.295 e. The normalized spacial score (nSPS) is 28.4. The van der Waals surface area contributed by atoms with Crippen LogP contribution in [0, 0.1) is 5.92 Å². The molecular weight excluding hydrogens is 184 g/mol. The van der Waals surface area contributed by atoms with Gasteiger partial charge >= 0.3 is 0 Å². The molecular formula is C14H14O. The number of allylic oxidation sites excluding steroid dienone is 2. The summed E-state index contributed by atoms with van der Waals surface area (Å²) < 4.78 is 0. The van der Waals surface area contributed by atoms with Crippen molar-refractivity contribution in [3.63, 3.8) is 0 Å². The molecule has 0 saturated carbocycles. The minimum atomic E-state index is 0.255. The van der Waals surface area contributed by atoms with Crippen molar-refractivity contribution in [3.8, 4) is 0 Å². The Hall–Kier alpha value is -1.37. The van der Waals surface area contributed by atoms with Gasteiger partial charge in [-0.05, 0) is 42.4 Å². The molecule has 0 aliphatic heterocycles. The molecule has 0 heterocycles. The van der Waals surface area contributed by atoms with Crippen molar-refractivity contribution >= 4 is 5.78 Å². The van der Waals surface area contributed by atoms with E-state index >= 15 is 0 Å². The van der Waals surface area contributed by atoms with E-state index in [-0.39, 0.29) is 5.92 Å². The van der Waals surface area contributed by atoms with Crippen LogP contribution in [0.3, 0.4) is 0 Å². The molecule has 2 aliphatic rings. The fraction of sp³-hybridized carbons (Fsp3) is 0.357. The topological polar surface area (TPSA) is 17.1 Å². The Morgan fingerprint density at radius 2 is 2.00 bits per heavy atom. The van der Waals surface area contributed by atoms with Crippen LogP contribution in [0.15, 0.2) is 36.4 Å². The van der Waals surface area contributed by atoms with Crippen LogP contribution < -0.4 is 0 Å². The summed E-state index contributed by atoms with van der Waals surface area (Å²) in [7, 11) is 0. The lowest BCUT2D eigenvalue weighted by Gasteiger charge is -2.33. The van der Waals surface area contributed by atoms with Crippen molar-refractivity contribution < 1.29 is 4.79 Å². The maximum atomic E-state index is 11.8. The summed E-state index contributed by atoms with van der Waals surface area (Å²) in [5.74, 6) is 1.04. The van der Waals surface area contributed by atoms with Crippen LogP contribution in [0.5, 0.6) is 0 Å². The molecule has 0 bridgehead atoms. The number of fused-ring (bicyclic) bond motifs is 3. The summed E-state index contributed by atoms with van der Waals surface area (Å²) in [6.07, 6.45) is 6.94. The van der Waals surface area contributed by atoms with E-state index < -0.39 is 0 Å². The van der Waals surface area contributed by atoms with Crippen LogP contribution in [-0.4, -0.2) is 5.78 Å². The molecule has 0 spiro atoms. The van der Waals surface area contributed by atoms with Crippen molar-refractivity contribution in [2.45, 2.75) is 25.2 Å². The Kier molecular flexibility index (Phi) is 1.98. The molecule has 1 aromatic carbocycles. The van der Waals surface area contributed by atoms with Gasteiger partial charge in [0.15, 0.2) is 5.78 Å². The first-order chi connectivity index (χ1) is 7.36. The minimum absolute atomic E-state index is 0.255. The SMILES string of the molecule is O=C1C=CC[C@@H]2c3ccccc3CC[C@H]12. The fourth-order valence-electron chi connectivity index (χ4n) is 2.94. The van der Waals surface area contributed by atoms with Gasteiger partial charge in [0.25, 0.3) is 0 Å². The Labute approximate surface area is 89.8 Å². The third-order valence-electron chi connectivity index (χ3n) is 3.70. The van der Waals surface area contributed by atoms with E-state index in [0.717, 1.165) is 19.3 Å². The molecule has 1 heteroatoms. The lowest BCUT2D eigenvalue weighted by Crippen LogP contribution is -2.28. The van der Waals surface area contributed by atoms with Crippen molar-refractivity contribution in [2.24, 2.45) is 5.92 Å². The number of carbonyl (C=O) groups is 1. The van der Waals surface area contributed by atoms with E-state index in [1.165, 1.54) is 11.1 Å². The molecule has 0 N–H and O–H groups in total. The average molecular weight is 198 g/mol. The highest BCUT2D eigenvalue weighted by Gasteiger charge is 2.34. The van der Waals surface area contributed by atoms with Crippen molar-refractivity contribution in [1.29, 1.82) is 0 Å². The first-order valence-electron chi connectivity index (χ1n) is 5.64. The molecule has 15 heavy (non-hydrogen) atoms. The van der Waals surface area contributed by atoms with Crippen molar-refractivity contribution in [1.82, 2.24) is 0 Å². The number of rotatable bonds is 0. The second kappa shape index (κ2) is 3.34. The molecule has 76 valence electrons. The molecule has 3 rings (SSSR count). The second-order valence-corrected chi connectivity index (χ2v) is 4.49. The summed E-state index contributed by atoms with van der Waals surface area (Å²) in [6, 6.07) is 8.58. The molecule has 1 aromatic rings. The monoisotopic (exact) mass is 198 g/mol. The van der Waals surface area contributed by atoms with E-state index in [1.807, 2.05) is 6.08 Å². The molecule has 0 aromatic heterocycles. The van der Waals surface area contributed by atoms with E-state index in [0.29, 0.717) is 11.7 Å². The summed E-state index contributed by atoms with van der Waals surface area (Å²) >= 11 is 0. The van der Waals surface area contributed by atoms with Crippen LogP contribution in [0.1, 0.15) is 29.9 Å². The smallest absolute Gasteiger partial charge is 0.159 e. The molecule has 0 amide bonds. The maximum absolute atomic E-state index is 11.8. The van der Waals surface area contributed by atoms with Crippen LogP contribution in [0.2, 0.25) is 0 Å². The highest BCUT2D eigenvalue weighted by Crippen LogP contribution is 2.41. The molecule has 2 aliphatic carbocycles. The van der Waals surface area contributed by atoms with Gasteiger partial charge in [0.05, 0.1) is 0 Å². The lowest BCUT2D eigenvalue weighted by molar-refractivity contribution is -0.119. The molecule has 0 fully saturated rings. The van der Waals surface area contributed by atoms with Gasteiger partial charge < -0.3 is 0 Å². The van der Waals surface area contributed by atoms with Crippen molar-refractivity contribution in [2.75, 3.05) is 0 Å². The number of carbonyl (C=O) groups excluding carboxylic acids is 1. The van der Waals surface area contributed by atoms with Gasteiger partial charge in [0, 0.05) is 5.92 Å². The quantitative estimate of drug-likeness (QED) is 0.626. The number of hydrogen-bond donors (Lipinski definition) is 0. The van der Waals surface area contributed by atoms with E-state index in [1.54, 1.807) is 6.08 Å². The van der Waals surface area contributed by atoms with Gasteiger partial charge in [0.1, 0.15) is 0 Å². The van der Waals surface area contributed by atoms with E-state index in [2.05, 4.69) is 24.3 Å². The molecule has 2 atom stereocenters. The number of aryl methyl sites for hydroxylation is 1. The zero-order valence-electron chi connectivity index (χ0n) is 8.65. The standard InChI is InChI=1S/C14H14O/c15-14-7-3-6-12-11-5-2-1-4-10(11)8-9-13(12)14/h1-5,7,12-13H,6,8-9H2/t12-,13+/m1/s1. The molecule has 0 unspecified atom stereocenters. The maximum Gasteiger partial charge on any atom is 0.159 e. The highest BCUT2D eigenvalue weighted by molar-refractivity contribution is 5.93. The van der Waals surface area contributed by atoms with Gasteiger partial charge in [-0.2, -0.15) is 0 Å². The lowest BCUT2D eigenvalue weighted by atomic mass is 9.70. The first-order valence-corrected chi connectivity index (χ1v) is 5.64. The fourth-order valence-corrected chi connectivity index (χ4v) is 2.94. The zero-order valence-corrected chi connectivity index (χ0v) is 8.65. The van der Waals surface area contributed by atoms with Gasteiger partial charge in [-0.3, -0.25) is 4.79 Å². The highest BCUT2D eigenvalue weighted by atomic mass is 16.1. The summed E-state index contributed by atoms with van der Waals surface area (Å²) in [6.45, 7) is 0. The van der Waals surface area contributed by atoms with Crippen LogP contribution in [-0.2, 0) is 11.2 Å². The van der Waals surface area contributed by atoms with Crippen LogP contribution in [0.25, 0.3) is 0 Å². The second-order valence-electron chi connectivity index (χ2n) is 4.49. The number of ketones is 1. The predicted molar refractivity (Wildman–Crippen MR) is 59.8 cm³/mol. The first kappa shape index (κ1) is 8.90. The number of hydrogen-bond acceptors (Lipinski definition) is 1. The third kappa shape index (κ3) is 1.34. The Bertz CT molecular complexity index is 431. The molecule has 0 saturated heterocycles. The average Bonchev–Trinajstić information content (AvgIpc) is 2.29. The van der Waals surface area contributed by atoms with E-state index in [4.69, 9.17) is 0 Å². The third-order valence-corrected chi connectivity index (χ3v) is 3.70. The van der Waals surface area contributed by atoms with Crippen LogP contribution >= 0.6 is 0 Å². The summed E-state index contributed by atoms with van der Waals surface area (Å²) in [5.41, 5.74) is 2.85. The van der Waals surface area contributed by atoms with Gasteiger partial charge in [-0.25, -0.2) is 0 Å². The zero-order chi connectivity index (χ0) is 10.3. The summed E-state index contributed by atoms with van der Waals surface area (Å²) in [4.78, 5) is 11.8. The molecule has 0 radical (unpaired) electrons. The predicted octanol–water partition coefficient (Wildman–Crippen LogP) is 2.86. The van der Waals surface area contributed by atoms with Gasteiger partial charge in [0.2, 0.25) is 0 Å². The van der Waals surface area contributed by atoms with Crippen LogP contribution in [0.4, 0.5) is 0 Å².